The Morgan fingerprint density at radius 3 is 2.75 bits per heavy atom. The maximum absolute atomic E-state index is 12.9. The molecule has 7 nitrogen and oxygen atoms in total. The summed E-state index contributed by atoms with van der Waals surface area (Å²) in [6, 6.07) is 7.13. The quantitative estimate of drug-likeness (QED) is 0.492. The van der Waals surface area contributed by atoms with Crippen LogP contribution in [-0.2, 0) is 9.53 Å². The molecule has 0 bridgehead atoms. The predicted molar refractivity (Wildman–Crippen MR) is 107 cm³/mol. The van der Waals surface area contributed by atoms with E-state index in [1.54, 1.807) is 19.1 Å². The number of aryl methyl sites for hydroxylation is 1. The number of carbonyl (C=O) groups is 1. The van der Waals surface area contributed by atoms with E-state index in [-0.39, 0.29) is 6.61 Å². The van der Waals surface area contributed by atoms with Crippen molar-refractivity contribution in [1.29, 1.82) is 0 Å². The van der Waals surface area contributed by atoms with Crippen LogP contribution in [-0.4, -0.2) is 37.8 Å². The van der Waals surface area contributed by atoms with Gasteiger partial charge in [-0.2, -0.15) is 0 Å². The topological polar surface area (TPSA) is 81.9 Å². The maximum Gasteiger partial charge on any atom is 0.348 e. The molecular formula is C20H20N2O5S. The Morgan fingerprint density at radius 1 is 1.32 bits per heavy atom. The van der Waals surface area contributed by atoms with E-state index in [2.05, 4.69) is 4.98 Å². The average Bonchev–Trinajstić information content (AvgIpc) is 3.23. The van der Waals surface area contributed by atoms with Crippen molar-refractivity contribution in [1.82, 2.24) is 4.98 Å². The number of benzene rings is 1. The number of thiazole rings is 1. The summed E-state index contributed by atoms with van der Waals surface area (Å²) >= 11 is 1.43. The smallest absolute Gasteiger partial charge is 0.348 e. The van der Waals surface area contributed by atoms with Gasteiger partial charge in [0.2, 0.25) is 6.10 Å². The van der Waals surface area contributed by atoms with E-state index in [1.807, 2.05) is 38.1 Å². The van der Waals surface area contributed by atoms with Crippen molar-refractivity contribution < 1.29 is 18.7 Å². The van der Waals surface area contributed by atoms with E-state index < -0.39 is 23.6 Å². The van der Waals surface area contributed by atoms with Crippen molar-refractivity contribution in [3.8, 4) is 5.75 Å². The maximum atomic E-state index is 12.9. The van der Waals surface area contributed by atoms with E-state index in [0.717, 1.165) is 15.7 Å². The lowest BCUT2D eigenvalue weighted by molar-refractivity contribution is -0.151. The highest BCUT2D eigenvalue weighted by atomic mass is 32.1. The normalized spacial score (nSPS) is 18.0. The van der Waals surface area contributed by atoms with Crippen LogP contribution in [0.2, 0.25) is 0 Å². The highest BCUT2D eigenvalue weighted by molar-refractivity contribution is 7.15. The lowest BCUT2D eigenvalue weighted by atomic mass is 9.93. The Balaban J connectivity index is 1.96. The summed E-state index contributed by atoms with van der Waals surface area (Å²) in [5, 5.41) is 1.44. The zero-order chi connectivity index (χ0) is 20.0. The number of ether oxygens (including phenoxy) is 2. The fourth-order valence-corrected chi connectivity index (χ4v) is 4.55. The predicted octanol–water partition coefficient (Wildman–Crippen LogP) is 3.08. The third kappa shape index (κ3) is 2.84. The molecule has 4 rings (SSSR count). The second kappa shape index (κ2) is 6.94. The van der Waals surface area contributed by atoms with Crippen LogP contribution in [0.5, 0.6) is 5.75 Å². The number of anilines is 1. The van der Waals surface area contributed by atoms with E-state index in [4.69, 9.17) is 13.9 Å². The first kappa shape index (κ1) is 18.5. The molecule has 0 radical (unpaired) electrons. The molecule has 2 atom stereocenters. The third-order valence-electron chi connectivity index (χ3n) is 4.66. The molecule has 1 aliphatic heterocycles. The number of para-hydroxylation sites is 1. The molecule has 0 saturated heterocycles. The van der Waals surface area contributed by atoms with Crippen molar-refractivity contribution in [2.45, 2.75) is 25.9 Å². The molecule has 0 saturated carbocycles. The fraction of sp³-hybridized carbons (Fsp3) is 0.350. The number of fused-ring (bicyclic) bond motifs is 3. The number of hydrogen-bond donors (Lipinski definition) is 0. The van der Waals surface area contributed by atoms with E-state index in [0.29, 0.717) is 22.3 Å². The number of esters is 1. The highest BCUT2D eigenvalue weighted by Crippen LogP contribution is 2.47. The van der Waals surface area contributed by atoms with Crippen molar-refractivity contribution in [3.63, 3.8) is 0 Å². The van der Waals surface area contributed by atoms with Crippen molar-refractivity contribution >= 4 is 33.4 Å². The van der Waals surface area contributed by atoms with Crippen LogP contribution in [0, 0.1) is 6.92 Å². The zero-order valence-electron chi connectivity index (χ0n) is 16.0. The van der Waals surface area contributed by atoms with E-state index in [1.165, 1.54) is 11.3 Å². The van der Waals surface area contributed by atoms with Gasteiger partial charge in [-0.1, -0.05) is 12.1 Å². The highest BCUT2D eigenvalue weighted by Gasteiger charge is 2.46. The van der Waals surface area contributed by atoms with Gasteiger partial charge < -0.3 is 18.8 Å². The number of nitrogens with zero attached hydrogens (tertiary/aromatic N) is 2. The minimum atomic E-state index is -0.960. The van der Waals surface area contributed by atoms with Crippen LogP contribution < -0.4 is 15.3 Å². The number of hydrogen-bond acceptors (Lipinski definition) is 8. The summed E-state index contributed by atoms with van der Waals surface area (Å²) in [5.41, 5.74) is 1.00. The molecule has 0 unspecified atom stereocenters. The van der Waals surface area contributed by atoms with Crippen LogP contribution in [0.3, 0.4) is 0 Å². The number of carbonyl (C=O) groups excluding carboxylic acids is 1. The molecule has 1 aromatic carbocycles. The summed E-state index contributed by atoms with van der Waals surface area (Å²) in [5.74, 6) is -0.749. The van der Waals surface area contributed by atoms with E-state index >= 15 is 0 Å². The van der Waals surface area contributed by atoms with Gasteiger partial charge in [-0.05, 0) is 26.0 Å². The Hall–Kier alpha value is -2.87. The van der Waals surface area contributed by atoms with Crippen molar-refractivity contribution in [3.05, 3.63) is 50.8 Å². The molecule has 2 aromatic heterocycles. The van der Waals surface area contributed by atoms with Crippen LogP contribution in [0.25, 0.3) is 11.0 Å². The van der Waals surface area contributed by atoms with Gasteiger partial charge in [0.05, 0.1) is 29.2 Å². The minimum absolute atomic E-state index is 0.224. The van der Waals surface area contributed by atoms with Crippen molar-refractivity contribution in [2.24, 2.45) is 0 Å². The first-order valence-electron chi connectivity index (χ1n) is 8.96. The molecule has 8 heteroatoms. The molecule has 0 amide bonds. The molecule has 3 heterocycles. The SMILES string of the molecule is CCOC(=O)[C@@H]1Oc2c(c(=O)oc3ccccc23)[C@@H]1c1sc(N(C)C)nc1C. The van der Waals surface area contributed by atoms with Gasteiger partial charge in [-0.15, -0.1) is 11.3 Å². The lowest BCUT2D eigenvalue weighted by Crippen LogP contribution is -2.32. The van der Waals surface area contributed by atoms with Crippen LogP contribution in [0.15, 0.2) is 33.5 Å². The molecule has 1 aliphatic rings. The van der Waals surface area contributed by atoms with Gasteiger partial charge in [-0.25, -0.2) is 14.6 Å². The molecule has 28 heavy (non-hydrogen) atoms. The van der Waals surface area contributed by atoms with Crippen molar-refractivity contribution in [2.75, 3.05) is 25.6 Å². The molecule has 0 fully saturated rings. The van der Waals surface area contributed by atoms with Gasteiger partial charge in [0, 0.05) is 19.0 Å². The second-order valence-electron chi connectivity index (χ2n) is 6.74. The van der Waals surface area contributed by atoms with Gasteiger partial charge in [0.15, 0.2) is 5.13 Å². The minimum Gasteiger partial charge on any atom is -0.476 e. The average molecular weight is 400 g/mol. The van der Waals surface area contributed by atoms with Crippen LogP contribution in [0.4, 0.5) is 5.13 Å². The Labute approximate surface area is 165 Å². The van der Waals surface area contributed by atoms with Gasteiger partial charge in [-0.3, -0.25) is 0 Å². The molecule has 0 aliphatic carbocycles. The molecule has 3 aromatic rings. The first-order chi connectivity index (χ1) is 13.4. The lowest BCUT2D eigenvalue weighted by Gasteiger charge is -2.16. The second-order valence-corrected chi connectivity index (χ2v) is 7.75. The zero-order valence-corrected chi connectivity index (χ0v) is 16.8. The summed E-state index contributed by atoms with van der Waals surface area (Å²) < 4.78 is 16.8. The fourth-order valence-electron chi connectivity index (χ4n) is 3.43. The van der Waals surface area contributed by atoms with Gasteiger partial charge >= 0.3 is 11.6 Å². The Bertz CT molecular complexity index is 1120. The first-order valence-corrected chi connectivity index (χ1v) is 9.77. The largest absolute Gasteiger partial charge is 0.476 e. The Morgan fingerprint density at radius 2 is 2.07 bits per heavy atom. The molecule has 0 spiro atoms. The summed E-state index contributed by atoms with van der Waals surface area (Å²) in [6.07, 6.45) is -0.960. The number of aromatic nitrogens is 1. The monoisotopic (exact) mass is 400 g/mol. The Kier molecular flexibility index (Phi) is 4.58. The molecule has 146 valence electrons. The number of rotatable bonds is 4. The van der Waals surface area contributed by atoms with Crippen LogP contribution >= 0.6 is 11.3 Å². The summed E-state index contributed by atoms with van der Waals surface area (Å²) in [4.78, 5) is 32.8. The standard InChI is InChI=1S/C20H20N2O5S/c1-5-25-19(24)16-13(17-10(2)21-20(28-17)22(3)4)14-15(27-16)11-8-6-7-9-12(11)26-18(14)23/h6-9,13,16H,5H2,1-4H3/t13-,16+/m0/s1. The molecular weight excluding hydrogens is 380 g/mol. The van der Waals surface area contributed by atoms with E-state index in [9.17, 15) is 9.59 Å². The van der Waals surface area contributed by atoms with Gasteiger partial charge in [0.25, 0.3) is 0 Å². The molecule has 0 N–H and O–H groups in total. The summed E-state index contributed by atoms with van der Waals surface area (Å²) in [6.45, 7) is 3.82. The third-order valence-corrected chi connectivity index (χ3v) is 6.07. The summed E-state index contributed by atoms with van der Waals surface area (Å²) in [7, 11) is 3.79. The van der Waals surface area contributed by atoms with Gasteiger partial charge in [0.1, 0.15) is 11.3 Å². The van der Waals surface area contributed by atoms with Crippen LogP contribution in [0.1, 0.15) is 29.0 Å².